The van der Waals surface area contributed by atoms with Crippen LogP contribution in [0.1, 0.15) is 40.0 Å². The number of thiocarbonyl (C=S) groups is 1. The Morgan fingerprint density at radius 2 is 2.10 bits per heavy atom. The zero-order valence-corrected chi connectivity index (χ0v) is 13.8. The highest BCUT2D eigenvalue weighted by atomic mass is 32.1. The van der Waals surface area contributed by atoms with E-state index in [4.69, 9.17) is 12.2 Å². The summed E-state index contributed by atoms with van der Waals surface area (Å²) >= 11 is 5.39. The van der Waals surface area contributed by atoms with Crippen molar-refractivity contribution >= 4 is 23.0 Å². The molecule has 1 aromatic carbocycles. The minimum atomic E-state index is -0.255. The normalized spacial score (nSPS) is 25.7. The van der Waals surface area contributed by atoms with Crippen LogP contribution in [0.3, 0.4) is 0 Å². The number of hydrogen-bond donors (Lipinski definition) is 2. The summed E-state index contributed by atoms with van der Waals surface area (Å²) in [5.41, 5.74) is 0.692. The van der Waals surface area contributed by atoms with Gasteiger partial charge < -0.3 is 10.6 Å². The van der Waals surface area contributed by atoms with Gasteiger partial charge in [-0.1, -0.05) is 33.3 Å². The van der Waals surface area contributed by atoms with Crippen LogP contribution in [-0.2, 0) is 0 Å². The predicted molar refractivity (Wildman–Crippen MR) is 90.9 cm³/mol. The average Bonchev–Trinajstić information content (AvgIpc) is 2.38. The van der Waals surface area contributed by atoms with Crippen LogP contribution in [0.15, 0.2) is 24.3 Å². The lowest BCUT2D eigenvalue weighted by Crippen LogP contribution is -2.47. The molecule has 2 N–H and O–H groups in total. The molecule has 116 valence electrons. The van der Waals surface area contributed by atoms with Crippen molar-refractivity contribution < 1.29 is 4.39 Å². The molecule has 21 heavy (non-hydrogen) atoms. The molecular formula is C17H25FN2S. The Kier molecular flexibility index (Phi) is 5.57. The van der Waals surface area contributed by atoms with Gasteiger partial charge in [-0.05, 0) is 61.0 Å². The Balaban J connectivity index is 1.96. The molecule has 0 radical (unpaired) electrons. The largest absolute Gasteiger partial charge is 0.359 e. The third-order valence-corrected chi connectivity index (χ3v) is 4.64. The first kappa shape index (κ1) is 16.2. The van der Waals surface area contributed by atoms with Crippen molar-refractivity contribution in [1.82, 2.24) is 5.32 Å². The zero-order valence-electron chi connectivity index (χ0n) is 13.0. The molecule has 0 spiro atoms. The van der Waals surface area contributed by atoms with E-state index in [0.717, 1.165) is 12.3 Å². The Morgan fingerprint density at radius 1 is 1.33 bits per heavy atom. The van der Waals surface area contributed by atoms with Crippen molar-refractivity contribution in [1.29, 1.82) is 0 Å². The van der Waals surface area contributed by atoms with E-state index in [1.807, 2.05) is 6.07 Å². The maximum Gasteiger partial charge on any atom is 0.171 e. The molecule has 3 atom stereocenters. The molecule has 0 saturated heterocycles. The van der Waals surface area contributed by atoms with Crippen molar-refractivity contribution in [2.45, 2.75) is 46.1 Å². The van der Waals surface area contributed by atoms with Gasteiger partial charge in [-0.3, -0.25) is 0 Å². The Hall–Kier alpha value is -1.16. The van der Waals surface area contributed by atoms with Gasteiger partial charge in [0.25, 0.3) is 0 Å². The second-order valence-corrected chi connectivity index (χ2v) is 6.95. The maximum atomic E-state index is 13.2. The number of anilines is 1. The Bertz CT molecular complexity index is 489. The van der Waals surface area contributed by atoms with Crippen LogP contribution in [0.4, 0.5) is 10.1 Å². The first-order valence-corrected chi connectivity index (χ1v) is 8.19. The fraction of sp³-hybridized carbons (Fsp3) is 0.588. The highest BCUT2D eigenvalue weighted by Crippen LogP contribution is 2.33. The summed E-state index contributed by atoms with van der Waals surface area (Å²) in [6.45, 7) is 6.85. The van der Waals surface area contributed by atoms with Gasteiger partial charge in [0.2, 0.25) is 0 Å². The van der Waals surface area contributed by atoms with Gasteiger partial charge in [0.1, 0.15) is 5.82 Å². The third kappa shape index (κ3) is 4.67. The van der Waals surface area contributed by atoms with E-state index in [9.17, 15) is 4.39 Å². The topological polar surface area (TPSA) is 24.1 Å². The van der Waals surface area contributed by atoms with Crippen LogP contribution in [0.5, 0.6) is 0 Å². The lowest BCUT2D eigenvalue weighted by atomic mass is 9.74. The van der Waals surface area contributed by atoms with Crippen LogP contribution in [0.25, 0.3) is 0 Å². The van der Waals surface area contributed by atoms with E-state index in [2.05, 4.69) is 31.4 Å². The smallest absolute Gasteiger partial charge is 0.171 e. The molecule has 0 bridgehead atoms. The van der Waals surface area contributed by atoms with E-state index >= 15 is 0 Å². The third-order valence-electron chi connectivity index (χ3n) is 4.42. The number of hydrogen-bond acceptors (Lipinski definition) is 1. The van der Waals surface area contributed by atoms with Crippen LogP contribution in [-0.4, -0.2) is 11.2 Å². The van der Waals surface area contributed by atoms with Gasteiger partial charge >= 0.3 is 0 Å². The fourth-order valence-electron chi connectivity index (χ4n) is 3.27. The summed E-state index contributed by atoms with van der Waals surface area (Å²) in [6, 6.07) is 6.79. The first-order chi connectivity index (χ1) is 9.95. The van der Waals surface area contributed by atoms with Gasteiger partial charge in [-0.15, -0.1) is 0 Å². The van der Waals surface area contributed by atoms with Crippen molar-refractivity contribution in [3.05, 3.63) is 30.1 Å². The second kappa shape index (κ2) is 7.21. The lowest BCUT2D eigenvalue weighted by Gasteiger charge is -2.38. The summed E-state index contributed by atoms with van der Waals surface area (Å²) in [5.74, 6) is 1.77. The molecule has 1 fully saturated rings. The first-order valence-electron chi connectivity index (χ1n) is 7.78. The van der Waals surface area contributed by atoms with E-state index < -0.39 is 0 Å². The fourth-order valence-corrected chi connectivity index (χ4v) is 3.54. The van der Waals surface area contributed by atoms with Gasteiger partial charge in [-0.25, -0.2) is 4.39 Å². The highest BCUT2D eigenvalue weighted by Gasteiger charge is 2.30. The molecule has 4 heteroatoms. The van der Waals surface area contributed by atoms with Gasteiger partial charge in [-0.2, -0.15) is 0 Å². The highest BCUT2D eigenvalue weighted by molar-refractivity contribution is 7.80. The molecule has 0 heterocycles. The Labute approximate surface area is 132 Å². The molecule has 0 aliphatic heterocycles. The molecule has 1 aromatic rings. The molecule has 0 amide bonds. The van der Waals surface area contributed by atoms with E-state index in [-0.39, 0.29) is 5.82 Å². The summed E-state index contributed by atoms with van der Waals surface area (Å²) in [4.78, 5) is 0. The molecule has 1 aliphatic rings. The van der Waals surface area contributed by atoms with Gasteiger partial charge in [0, 0.05) is 11.7 Å². The van der Waals surface area contributed by atoms with Gasteiger partial charge in [0.05, 0.1) is 0 Å². The van der Waals surface area contributed by atoms with Crippen molar-refractivity contribution in [3.63, 3.8) is 0 Å². The number of rotatable bonds is 3. The van der Waals surface area contributed by atoms with Crippen molar-refractivity contribution in [3.8, 4) is 0 Å². The average molecular weight is 308 g/mol. The van der Waals surface area contributed by atoms with Crippen molar-refractivity contribution in [2.24, 2.45) is 17.8 Å². The lowest BCUT2D eigenvalue weighted by molar-refractivity contribution is 0.186. The SMILES string of the molecule is CC(C)[C@@H]1CC[C@H](C)C[C@H]1NC(=S)Nc1cccc(F)c1. The van der Waals surface area contributed by atoms with E-state index in [1.165, 1.54) is 25.0 Å². The molecule has 1 aliphatic carbocycles. The quantitative estimate of drug-likeness (QED) is 0.800. The van der Waals surface area contributed by atoms with E-state index in [0.29, 0.717) is 28.7 Å². The van der Waals surface area contributed by atoms with Crippen molar-refractivity contribution in [2.75, 3.05) is 5.32 Å². The summed E-state index contributed by atoms with van der Waals surface area (Å²) in [6.07, 6.45) is 3.69. The monoisotopic (exact) mass is 308 g/mol. The zero-order chi connectivity index (χ0) is 15.4. The summed E-state index contributed by atoms with van der Waals surface area (Å²) < 4.78 is 13.2. The van der Waals surface area contributed by atoms with Crippen LogP contribution < -0.4 is 10.6 Å². The van der Waals surface area contributed by atoms with Crippen LogP contribution in [0, 0.1) is 23.6 Å². The van der Waals surface area contributed by atoms with Gasteiger partial charge in [0.15, 0.2) is 5.11 Å². The molecule has 2 nitrogen and oxygen atoms in total. The number of benzene rings is 1. The Morgan fingerprint density at radius 3 is 2.76 bits per heavy atom. The summed E-state index contributed by atoms with van der Waals surface area (Å²) in [7, 11) is 0. The second-order valence-electron chi connectivity index (χ2n) is 6.54. The van der Waals surface area contributed by atoms with E-state index in [1.54, 1.807) is 6.07 Å². The number of nitrogens with one attached hydrogen (secondary N) is 2. The summed E-state index contributed by atoms with van der Waals surface area (Å²) in [5, 5.41) is 7.12. The maximum absolute atomic E-state index is 13.2. The minimum Gasteiger partial charge on any atom is -0.359 e. The molecular weight excluding hydrogens is 283 g/mol. The molecule has 0 unspecified atom stereocenters. The van der Waals surface area contributed by atoms with Crippen LogP contribution >= 0.6 is 12.2 Å². The predicted octanol–water partition coefficient (Wildman–Crippen LogP) is 4.57. The molecule has 1 saturated carbocycles. The number of halogens is 1. The minimum absolute atomic E-state index is 0.255. The standard InChI is InChI=1S/C17H25FN2S/c1-11(2)15-8-7-12(3)9-16(15)20-17(21)19-14-6-4-5-13(18)10-14/h4-6,10-12,15-16H,7-9H2,1-3H3,(H2,19,20,21)/t12-,15-,16+/m0/s1. The molecule has 0 aromatic heterocycles. The molecule has 2 rings (SSSR count). The van der Waals surface area contributed by atoms with Crippen LogP contribution in [0.2, 0.25) is 0 Å².